The summed E-state index contributed by atoms with van der Waals surface area (Å²) in [6, 6.07) is 14.0. The molecule has 0 unspecified atom stereocenters. The number of nitrogens with zero attached hydrogens (tertiary/aromatic N) is 3. The van der Waals surface area contributed by atoms with Crippen LogP contribution in [0.1, 0.15) is 56.7 Å². The maximum absolute atomic E-state index is 13.4. The van der Waals surface area contributed by atoms with Crippen LogP contribution in [0.4, 0.5) is 0 Å². The molecule has 176 valence electrons. The third kappa shape index (κ3) is 8.87. The Hall–Kier alpha value is -2.60. The van der Waals surface area contributed by atoms with Crippen LogP contribution in [0.2, 0.25) is 0 Å². The number of hydrogen-bond acceptors (Lipinski definition) is 3. The fraction of sp³-hybridized carbons (Fsp3) is 0.538. The van der Waals surface area contributed by atoms with Crippen LogP contribution in [0.3, 0.4) is 0 Å². The van der Waals surface area contributed by atoms with Crippen molar-refractivity contribution in [2.24, 2.45) is 7.05 Å². The number of aryl methyl sites for hydroxylation is 1. The van der Waals surface area contributed by atoms with Crippen molar-refractivity contribution in [2.75, 3.05) is 26.8 Å². The van der Waals surface area contributed by atoms with Crippen molar-refractivity contribution >= 4 is 11.8 Å². The van der Waals surface area contributed by atoms with Gasteiger partial charge in [-0.1, -0.05) is 62.9 Å². The molecule has 6 heteroatoms. The van der Waals surface area contributed by atoms with Crippen molar-refractivity contribution in [3.63, 3.8) is 0 Å². The van der Waals surface area contributed by atoms with Gasteiger partial charge in [0.05, 0.1) is 19.7 Å². The molecule has 1 heterocycles. The summed E-state index contributed by atoms with van der Waals surface area (Å²) in [5.41, 5.74) is 2.13. The largest absolute Gasteiger partial charge is 0.383 e. The van der Waals surface area contributed by atoms with Crippen LogP contribution >= 0.6 is 0 Å². The van der Waals surface area contributed by atoms with E-state index in [1.807, 2.05) is 65.2 Å². The predicted molar refractivity (Wildman–Crippen MR) is 128 cm³/mol. The summed E-state index contributed by atoms with van der Waals surface area (Å²) < 4.78 is 7.22. The third-order valence-electron chi connectivity index (χ3n) is 5.71. The third-order valence-corrected chi connectivity index (χ3v) is 5.71. The van der Waals surface area contributed by atoms with Gasteiger partial charge in [0.25, 0.3) is 0 Å². The average molecular weight is 442 g/mol. The standard InChI is InChI=1S/C26H39N3O3/c1-4-5-6-7-11-16-25(30)28(18-19-32-3)22-26(31)29(20-23-13-9-8-10-14-23)21-24-15-12-17-27(24)2/h8-10,12-15,17H,4-7,11,16,18-22H2,1-3H3. The summed E-state index contributed by atoms with van der Waals surface area (Å²) in [6.07, 6.45) is 7.92. The molecule has 2 aromatic rings. The Balaban J connectivity index is 2.06. The Morgan fingerprint density at radius 3 is 2.31 bits per heavy atom. The fourth-order valence-electron chi connectivity index (χ4n) is 3.69. The summed E-state index contributed by atoms with van der Waals surface area (Å²) in [6.45, 7) is 4.12. The maximum atomic E-state index is 13.4. The normalized spacial score (nSPS) is 10.8. The minimum atomic E-state index is -0.0505. The second-order valence-electron chi connectivity index (χ2n) is 8.32. The highest BCUT2D eigenvalue weighted by Gasteiger charge is 2.22. The number of hydrogen-bond donors (Lipinski definition) is 0. The minimum Gasteiger partial charge on any atom is -0.383 e. The zero-order valence-electron chi connectivity index (χ0n) is 20.0. The molecule has 0 saturated carbocycles. The molecule has 0 radical (unpaired) electrons. The molecule has 0 bridgehead atoms. The highest BCUT2D eigenvalue weighted by atomic mass is 16.5. The topological polar surface area (TPSA) is 54.8 Å². The summed E-state index contributed by atoms with van der Waals surface area (Å²) in [4.78, 5) is 29.7. The van der Waals surface area contributed by atoms with Crippen LogP contribution in [-0.4, -0.2) is 53.0 Å². The molecule has 1 aromatic carbocycles. The number of carbonyl (C=O) groups excluding carboxylic acids is 2. The highest BCUT2D eigenvalue weighted by molar-refractivity contribution is 5.84. The van der Waals surface area contributed by atoms with E-state index in [1.165, 1.54) is 12.8 Å². The summed E-state index contributed by atoms with van der Waals surface area (Å²) in [5.74, 6) is -0.0177. The predicted octanol–water partition coefficient (Wildman–Crippen LogP) is 4.39. The number of aromatic nitrogens is 1. The molecule has 0 spiro atoms. The Morgan fingerprint density at radius 2 is 1.66 bits per heavy atom. The monoisotopic (exact) mass is 441 g/mol. The van der Waals surface area contributed by atoms with E-state index < -0.39 is 0 Å². The second-order valence-corrected chi connectivity index (χ2v) is 8.32. The van der Waals surface area contributed by atoms with E-state index in [0.29, 0.717) is 32.7 Å². The Labute approximate surface area is 193 Å². The molecule has 6 nitrogen and oxygen atoms in total. The molecule has 0 saturated heterocycles. The zero-order valence-corrected chi connectivity index (χ0v) is 20.0. The number of ether oxygens (including phenoxy) is 1. The van der Waals surface area contributed by atoms with Gasteiger partial charge in [0.2, 0.25) is 11.8 Å². The van der Waals surface area contributed by atoms with Crippen LogP contribution in [0.15, 0.2) is 48.7 Å². The molecule has 2 amide bonds. The lowest BCUT2D eigenvalue weighted by Crippen LogP contribution is -2.43. The van der Waals surface area contributed by atoms with Crippen molar-refractivity contribution < 1.29 is 14.3 Å². The van der Waals surface area contributed by atoms with Gasteiger partial charge in [-0.25, -0.2) is 0 Å². The molecule has 1 aromatic heterocycles. The second kappa shape index (κ2) is 14.5. The van der Waals surface area contributed by atoms with Gasteiger partial charge in [0.1, 0.15) is 0 Å². The SMILES string of the molecule is CCCCCCCC(=O)N(CCOC)CC(=O)N(Cc1ccccc1)Cc1cccn1C. The quantitative estimate of drug-likeness (QED) is 0.385. The number of methoxy groups -OCH3 is 1. The molecular weight excluding hydrogens is 402 g/mol. The van der Waals surface area contributed by atoms with Crippen molar-refractivity contribution in [2.45, 2.75) is 58.5 Å². The maximum Gasteiger partial charge on any atom is 0.242 e. The van der Waals surface area contributed by atoms with Gasteiger partial charge in [0, 0.05) is 45.6 Å². The number of rotatable bonds is 15. The van der Waals surface area contributed by atoms with Crippen LogP contribution in [0, 0.1) is 0 Å². The smallest absolute Gasteiger partial charge is 0.242 e. The van der Waals surface area contributed by atoms with Crippen LogP contribution < -0.4 is 0 Å². The van der Waals surface area contributed by atoms with Gasteiger partial charge in [-0.2, -0.15) is 0 Å². The summed E-state index contributed by atoms with van der Waals surface area (Å²) in [7, 11) is 3.60. The van der Waals surface area contributed by atoms with Crippen molar-refractivity contribution in [1.82, 2.24) is 14.4 Å². The Bertz CT molecular complexity index is 804. The molecule has 2 rings (SSSR count). The van der Waals surface area contributed by atoms with E-state index in [0.717, 1.165) is 30.5 Å². The molecule has 0 aliphatic carbocycles. The summed E-state index contributed by atoms with van der Waals surface area (Å²) in [5, 5.41) is 0. The van der Waals surface area contributed by atoms with Crippen LogP contribution in [0.25, 0.3) is 0 Å². The number of unbranched alkanes of at least 4 members (excludes halogenated alkanes) is 4. The highest BCUT2D eigenvalue weighted by Crippen LogP contribution is 2.13. The molecule has 0 aliphatic heterocycles. The first kappa shape index (κ1) is 25.7. The van der Waals surface area contributed by atoms with E-state index in [-0.39, 0.29) is 18.4 Å². The lowest BCUT2D eigenvalue weighted by atomic mass is 10.1. The van der Waals surface area contributed by atoms with E-state index in [2.05, 4.69) is 6.92 Å². The van der Waals surface area contributed by atoms with Crippen LogP contribution in [0.5, 0.6) is 0 Å². The van der Waals surface area contributed by atoms with Gasteiger partial charge < -0.3 is 19.1 Å². The van der Waals surface area contributed by atoms with E-state index in [4.69, 9.17) is 4.74 Å². The first-order valence-electron chi connectivity index (χ1n) is 11.7. The van der Waals surface area contributed by atoms with Crippen molar-refractivity contribution in [3.05, 3.63) is 59.9 Å². The van der Waals surface area contributed by atoms with Gasteiger partial charge in [-0.3, -0.25) is 9.59 Å². The van der Waals surface area contributed by atoms with Crippen molar-refractivity contribution in [3.8, 4) is 0 Å². The molecule has 0 N–H and O–H groups in total. The van der Waals surface area contributed by atoms with Gasteiger partial charge in [-0.15, -0.1) is 0 Å². The van der Waals surface area contributed by atoms with Crippen LogP contribution in [-0.2, 0) is 34.5 Å². The lowest BCUT2D eigenvalue weighted by Gasteiger charge is -2.28. The van der Waals surface area contributed by atoms with Gasteiger partial charge >= 0.3 is 0 Å². The van der Waals surface area contributed by atoms with E-state index in [9.17, 15) is 9.59 Å². The number of carbonyl (C=O) groups is 2. The van der Waals surface area contributed by atoms with E-state index in [1.54, 1.807) is 12.0 Å². The number of amides is 2. The summed E-state index contributed by atoms with van der Waals surface area (Å²) >= 11 is 0. The Kier molecular flexibility index (Phi) is 11.6. The van der Waals surface area contributed by atoms with Gasteiger partial charge in [-0.05, 0) is 24.1 Å². The fourth-order valence-corrected chi connectivity index (χ4v) is 3.69. The molecule has 0 aliphatic rings. The Morgan fingerprint density at radius 1 is 0.906 bits per heavy atom. The zero-order chi connectivity index (χ0) is 23.2. The first-order chi connectivity index (χ1) is 15.5. The average Bonchev–Trinajstić information content (AvgIpc) is 3.20. The molecule has 0 atom stereocenters. The lowest BCUT2D eigenvalue weighted by molar-refractivity contribution is -0.141. The molecule has 0 fully saturated rings. The van der Waals surface area contributed by atoms with Gasteiger partial charge in [0.15, 0.2) is 0 Å². The van der Waals surface area contributed by atoms with Crippen molar-refractivity contribution in [1.29, 1.82) is 0 Å². The molecular formula is C26H39N3O3. The first-order valence-corrected chi connectivity index (χ1v) is 11.7. The minimum absolute atomic E-state index is 0.0328. The number of benzene rings is 1. The molecule has 32 heavy (non-hydrogen) atoms. The van der Waals surface area contributed by atoms with E-state index >= 15 is 0 Å².